The number of hydrogen-bond donors (Lipinski definition) is 6. The minimum absolute atomic E-state index is 0.0281. The number of pyridine rings is 1. The van der Waals surface area contributed by atoms with Crippen LogP contribution in [0.4, 0.5) is 5.69 Å². The fourth-order valence-corrected chi connectivity index (χ4v) is 9.35. The molecule has 2 aromatic carbocycles. The molecular formula is C47H60N10O5. The largest absolute Gasteiger partial charge is 0.507 e. The third-order valence-electron chi connectivity index (χ3n) is 13.0. The van der Waals surface area contributed by atoms with Crippen LogP contribution in [0.1, 0.15) is 97.0 Å². The summed E-state index contributed by atoms with van der Waals surface area (Å²) < 4.78 is 8.64. The number of carbonyl (C=O) groups excluding carboxylic acids is 3. The summed E-state index contributed by atoms with van der Waals surface area (Å²) in [7, 11) is 0. The molecule has 3 saturated heterocycles. The summed E-state index contributed by atoms with van der Waals surface area (Å²) in [6.07, 6.45) is 12.7. The van der Waals surface area contributed by atoms with Gasteiger partial charge < -0.3 is 56.9 Å². The first-order valence-electron chi connectivity index (χ1n) is 22.0. The molecule has 2 aromatic heterocycles. The molecule has 9 N–H and O–H groups in total. The standard InChI is InChI=1S/C47H60N10O5/c1-30-28-62-43(27-56(30)41(45(49)50)23-40(48)37-4-2-3-5-42(37)59)33-8-10-34(11-9-33)47(61)55-20-13-31(14-21-55)25-54-18-15-36(16-19-54)57-26-39(32-6-7-32)38-22-35(24-52-46(38)57)53-44(60)12-17-51-29-58/h2-5,8-11,22-24,26,29-32,36,43,59H,6-7,12-21,25,27-28,48-50H2,1H3,(H,51,58)(H,53,60)/b40-23-. The number of phenols is 1. The number of nitrogens with two attached hydrogens (primary N) is 3. The van der Waals surface area contributed by atoms with E-state index in [9.17, 15) is 19.5 Å². The van der Waals surface area contributed by atoms with Crippen LogP contribution < -0.4 is 27.8 Å². The van der Waals surface area contributed by atoms with Gasteiger partial charge in [-0.15, -0.1) is 0 Å². The Labute approximate surface area is 362 Å². The fourth-order valence-electron chi connectivity index (χ4n) is 9.35. The quantitative estimate of drug-likeness (QED) is 0.0581. The highest BCUT2D eigenvalue weighted by atomic mass is 16.5. The van der Waals surface area contributed by atoms with Gasteiger partial charge in [-0.25, -0.2) is 4.98 Å². The second-order valence-electron chi connectivity index (χ2n) is 17.4. The lowest BCUT2D eigenvalue weighted by atomic mass is 9.94. The van der Waals surface area contributed by atoms with Gasteiger partial charge in [0.15, 0.2) is 0 Å². The molecule has 4 aromatic rings. The maximum atomic E-state index is 13.7. The predicted octanol–water partition coefficient (Wildman–Crippen LogP) is 4.73. The molecule has 328 valence electrons. The van der Waals surface area contributed by atoms with Crippen LogP contribution in [-0.4, -0.2) is 106 Å². The second-order valence-corrected chi connectivity index (χ2v) is 17.4. The van der Waals surface area contributed by atoms with Gasteiger partial charge in [0.1, 0.15) is 23.3 Å². The number of likely N-dealkylation sites (tertiary alicyclic amines) is 2. The zero-order valence-corrected chi connectivity index (χ0v) is 35.5. The maximum absolute atomic E-state index is 13.7. The summed E-state index contributed by atoms with van der Waals surface area (Å²) in [6.45, 7) is 7.85. The Morgan fingerprint density at radius 2 is 1.71 bits per heavy atom. The number of fused-ring (bicyclic) bond motifs is 1. The third kappa shape index (κ3) is 9.68. The number of para-hydroxylation sites is 1. The van der Waals surface area contributed by atoms with Gasteiger partial charge in [0.05, 0.1) is 24.2 Å². The van der Waals surface area contributed by atoms with Crippen molar-refractivity contribution in [2.45, 2.75) is 76.0 Å². The number of amides is 3. The van der Waals surface area contributed by atoms with Crippen molar-refractivity contribution >= 4 is 40.6 Å². The lowest BCUT2D eigenvalue weighted by Crippen LogP contribution is -2.45. The van der Waals surface area contributed by atoms with Gasteiger partial charge in [0.25, 0.3) is 5.91 Å². The number of nitrogens with zero attached hydrogens (tertiary/aromatic N) is 5. The van der Waals surface area contributed by atoms with Crippen LogP contribution in [0, 0.1) is 5.92 Å². The van der Waals surface area contributed by atoms with Crippen LogP contribution in [0.15, 0.2) is 84.6 Å². The average Bonchev–Trinajstić information content (AvgIpc) is 4.06. The molecule has 15 heteroatoms. The van der Waals surface area contributed by atoms with E-state index in [0.29, 0.717) is 72.2 Å². The second kappa shape index (κ2) is 18.9. The Bertz CT molecular complexity index is 2300. The number of rotatable bonds is 14. The van der Waals surface area contributed by atoms with Crippen LogP contribution in [0.3, 0.4) is 0 Å². The van der Waals surface area contributed by atoms with Gasteiger partial charge in [-0.05, 0) is 105 Å². The highest BCUT2D eigenvalue weighted by Crippen LogP contribution is 2.45. The lowest BCUT2D eigenvalue weighted by Gasteiger charge is -2.40. The summed E-state index contributed by atoms with van der Waals surface area (Å²) in [6, 6.07) is 17.0. The van der Waals surface area contributed by atoms with Gasteiger partial charge >= 0.3 is 0 Å². The van der Waals surface area contributed by atoms with Crippen molar-refractivity contribution in [3.05, 3.63) is 107 Å². The molecule has 8 rings (SSSR count). The van der Waals surface area contributed by atoms with Gasteiger partial charge in [-0.3, -0.25) is 14.4 Å². The van der Waals surface area contributed by atoms with E-state index in [1.165, 1.54) is 18.4 Å². The number of hydrogen-bond acceptors (Lipinski definition) is 11. The molecule has 0 spiro atoms. The summed E-state index contributed by atoms with van der Waals surface area (Å²) in [5.74, 6) is 1.20. The number of ether oxygens (including phenoxy) is 1. The molecule has 0 radical (unpaired) electrons. The van der Waals surface area contributed by atoms with Crippen LogP contribution in [0.2, 0.25) is 0 Å². The number of carbonyl (C=O) groups is 3. The van der Waals surface area contributed by atoms with Crippen molar-refractivity contribution in [2.75, 3.05) is 57.7 Å². The van der Waals surface area contributed by atoms with E-state index < -0.39 is 0 Å². The van der Waals surface area contributed by atoms with Crippen molar-refractivity contribution in [1.29, 1.82) is 0 Å². The van der Waals surface area contributed by atoms with Crippen LogP contribution >= 0.6 is 0 Å². The predicted molar refractivity (Wildman–Crippen MR) is 239 cm³/mol. The monoisotopic (exact) mass is 844 g/mol. The van der Waals surface area contributed by atoms with Gasteiger partial charge in [-0.1, -0.05) is 24.3 Å². The number of nitrogens with one attached hydrogen (secondary N) is 2. The Morgan fingerprint density at radius 3 is 2.40 bits per heavy atom. The number of benzene rings is 2. The molecule has 3 aliphatic heterocycles. The Balaban J connectivity index is 0.817. The average molecular weight is 845 g/mol. The van der Waals surface area contributed by atoms with E-state index in [-0.39, 0.29) is 42.0 Å². The number of anilines is 1. The number of allylic oxidation sites excluding steroid dienone is 1. The minimum atomic E-state index is -0.275. The van der Waals surface area contributed by atoms with Crippen LogP contribution in [0.25, 0.3) is 16.7 Å². The van der Waals surface area contributed by atoms with E-state index in [4.69, 9.17) is 26.9 Å². The van der Waals surface area contributed by atoms with Crippen molar-refractivity contribution in [3.63, 3.8) is 0 Å². The molecule has 1 aliphatic carbocycles. The summed E-state index contributed by atoms with van der Waals surface area (Å²) >= 11 is 0. The van der Waals surface area contributed by atoms with E-state index >= 15 is 0 Å². The highest BCUT2D eigenvalue weighted by Gasteiger charge is 2.33. The van der Waals surface area contributed by atoms with Crippen LogP contribution in [-0.2, 0) is 14.3 Å². The topological polar surface area (TPSA) is 210 Å². The summed E-state index contributed by atoms with van der Waals surface area (Å²) in [5, 5.41) is 16.9. The minimum Gasteiger partial charge on any atom is -0.507 e. The van der Waals surface area contributed by atoms with Crippen molar-refractivity contribution < 1.29 is 24.2 Å². The smallest absolute Gasteiger partial charge is 0.253 e. The molecule has 2 unspecified atom stereocenters. The van der Waals surface area contributed by atoms with Crippen molar-refractivity contribution in [1.82, 2.24) is 29.6 Å². The summed E-state index contributed by atoms with van der Waals surface area (Å²) in [5.41, 5.74) is 24.8. The lowest BCUT2D eigenvalue weighted by molar-refractivity contribution is -0.116. The molecule has 2 atom stereocenters. The Morgan fingerprint density at radius 1 is 0.968 bits per heavy atom. The van der Waals surface area contributed by atoms with E-state index in [1.807, 2.05) is 36.1 Å². The SMILES string of the molecule is CC1COC(c2ccc(C(=O)N3CCC(CN4CCC(n5cc(C6CC6)c6cc(NC(=O)CCNC=O)cnc65)CC4)CC3)cc2)CN1C(/C=C(\N)c1ccccc1O)=C(N)N. The van der Waals surface area contributed by atoms with E-state index in [0.717, 1.165) is 75.0 Å². The molecule has 15 nitrogen and oxygen atoms in total. The van der Waals surface area contributed by atoms with Crippen molar-refractivity contribution in [3.8, 4) is 5.75 Å². The highest BCUT2D eigenvalue weighted by molar-refractivity contribution is 5.95. The molecule has 62 heavy (non-hydrogen) atoms. The third-order valence-corrected chi connectivity index (χ3v) is 13.0. The zero-order valence-electron chi connectivity index (χ0n) is 35.5. The first kappa shape index (κ1) is 42.6. The number of aromatic hydroxyl groups is 1. The summed E-state index contributed by atoms with van der Waals surface area (Å²) in [4.78, 5) is 48.1. The van der Waals surface area contributed by atoms with E-state index in [1.54, 1.807) is 36.5 Å². The van der Waals surface area contributed by atoms with Crippen molar-refractivity contribution in [2.24, 2.45) is 23.1 Å². The molecule has 4 fully saturated rings. The fraction of sp³-hybridized carbons (Fsp3) is 0.447. The molecule has 3 amide bonds. The van der Waals surface area contributed by atoms with Crippen LogP contribution in [0.5, 0.6) is 5.75 Å². The zero-order chi connectivity index (χ0) is 43.3. The first-order chi connectivity index (χ1) is 30.1. The van der Waals surface area contributed by atoms with Gasteiger partial charge in [0, 0.05) is 92.7 Å². The Hall–Kier alpha value is -6.06. The normalized spacial score (nSPS) is 20.6. The van der Waals surface area contributed by atoms with E-state index in [2.05, 4.69) is 37.3 Å². The number of piperidine rings is 2. The molecule has 0 bridgehead atoms. The van der Waals surface area contributed by atoms with Gasteiger partial charge in [0.2, 0.25) is 12.3 Å². The number of phenolic OH excluding ortho intramolecular Hbond substituents is 1. The molecule has 1 saturated carbocycles. The number of morpholine rings is 1. The first-order valence-corrected chi connectivity index (χ1v) is 22.0. The van der Waals surface area contributed by atoms with Gasteiger partial charge in [-0.2, -0.15) is 0 Å². The molecule has 4 aliphatic rings. The number of aromatic nitrogens is 2. The molecular weight excluding hydrogens is 785 g/mol. The maximum Gasteiger partial charge on any atom is 0.253 e. The molecule has 5 heterocycles. The Kier molecular flexibility index (Phi) is 13.0.